The van der Waals surface area contributed by atoms with Crippen LogP contribution in [0.5, 0.6) is 0 Å². The van der Waals surface area contributed by atoms with Crippen LogP contribution in [0.15, 0.2) is 12.1 Å². The number of hydrogen-bond donors (Lipinski definition) is 1. The van der Waals surface area contributed by atoms with E-state index in [1.54, 1.807) is 0 Å². The van der Waals surface area contributed by atoms with Gasteiger partial charge in [0, 0.05) is 12.6 Å². The Labute approximate surface area is 124 Å². The first-order chi connectivity index (χ1) is 9.37. The average molecular weight is 277 g/mol. The summed E-state index contributed by atoms with van der Waals surface area (Å²) in [5.41, 5.74) is 5.45. The van der Waals surface area contributed by atoms with Crippen LogP contribution in [0.3, 0.4) is 0 Å². The van der Waals surface area contributed by atoms with Crippen LogP contribution < -0.4 is 5.32 Å². The van der Waals surface area contributed by atoms with E-state index in [4.69, 9.17) is 4.74 Å². The normalized spacial score (nSPS) is 15.9. The molecule has 2 unspecified atom stereocenters. The van der Waals surface area contributed by atoms with Gasteiger partial charge >= 0.3 is 0 Å². The molecule has 0 bridgehead atoms. The number of nitrogens with one attached hydrogen (secondary N) is 1. The predicted molar refractivity (Wildman–Crippen MR) is 87.5 cm³/mol. The maximum Gasteiger partial charge on any atom is 0.0807 e. The number of ether oxygens (including phenoxy) is 1. The molecule has 0 heterocycles. The van der Waals surface area contributed by atoms with Gasteiger partial charge < -0.3 is 10.1 Å². The lowest BCUT2D eigenvalue weighted by Crippen LogP contribution is -2.50. The molecule has 0 aromatic heterocycles. The van der Waals surface area contributed by atoms with E-state index in [9.17, 15) is 0 Å². The zero-order chi connectivity index (χ0) is 15.3. The molecule has 0 aliphatic carbocycles. The van der Waals surface area contributed by atoms with Crippen molar-refractivity contribution in [1.29, 1.82) is 0 Å². The fourth-order valence-electron chi connectivity index (χ4n) is 3.14. The molecule has 0 fully saturated rings. The van der Waals surface area contributed by atoms with Gasteiger partial charge in [-0.2, -0.15) is 0 Å². The average Bonchev–Trinajstić information content (AvgIpc) is 2.38. The third-order valence-corrected chi connectivity index (χ3v) is 4.51. The van der Waals surface area contributed by atoms with Gasteiger partial charge in [-0.25, -0.2) is 0 Å². The summed E-state index contributed by atoms with van der Waals surface area (Å²) in [5, 5.41) is 3.47. The zero-order valence-electron chi connectivity index (χ0n) is 14.3. The molecule has 114 valence electrons. The van der Waals surface area contributed by atoms with Crippen LogP contribution in [0.25, 0.3) is 0 Å². The molecular weight excluding hydrogens is 246 g/mol. The van der Waals surface area contributed by atoms with Crippen molar-refractivity contribution in [3.63, 3.8) is 0 Å². The number of rotatable bonds is 7. The van der Waals surface area contributed by atoms with Crippen molar-refractivity contribution in [2.24, 2.45) is 0 Å². The standard InChI is InChI=1S/C18H31NO/c1-8-18(6,20-9-2)17(19-7)12-16-14(4)10-13(3)11-15(16)5/h10-11,17,19H,8-9,12H2,1-7H3. The summed E-state index contributed by atoms with van der Waals surface area (Å²) >= 11 is 0. The third kappa shape index (κ3) is 3.83. The maximum absolute atomic E-state index is 6.04. The van der Waals surface area contributed by atoms with Crippen molar-refractivity contribution in [3.8, 4) is 0 Å². The molecule has 0 saturated heterocycles. The van der Waals surface area contributed by atoms with Gasteiger partial charge in [-0.3, -0.25) is 0 Å². The van der Waals surface area contributed by atoms with Crippen molar-refractivity contribution >= 4 is 0 Å². The predicted octanol–water partition coefficient (Wildman–Crippen LogP) is 3.95. The highest BCUT2D eigenvalue weighted by atomic mass is 16.5. The van der Waals surface area contributed by atoms with Crippen LogP contribution in [0.2, 0.25) is 0 Å². The van der Waals surface area contributed by atoms with Crippen LogP contribution in [-0.4, -0.2) is 25.3 Å². The van der Waals surface area contributed by atoms with E-state index in [1.165, 1.54) is 22.3 Å². The van der Waals surface area contributed by atoms with Crippen LogP contribution >= 0.6 is 0 Å². The first-order valence-electron chi connectivity index (χ1n) is 7.75. The van der Waals surface area contributed by atoms with Crippen molar-refractivity contribution in [1.82, 2.24) is 5.32 Å². The maximum atomic E-state index is 6.04. The minimum Gasteiger partial charge on any atom is -0.374 e. The first kappa shape index (κ1) is 17.2. The van der Waals surface area contributed by atoms with Gasteiger partial charge in [-0.1, -0.05) is 24.6 Å². The van der Waals surface area contributed by atoms with Crippen molar-refractivity contribution in [2.45, 2.75) is 66.0 Å². The second kappa shape index (κ2) is 7.24. The van der Waals surface area contributed by atoms with Gasteiger partial charge in [0.15, 0.2) is 0 Å². The van der Waals surface area contributed by atoms with Crippen molar-refractivity contribution < 1.29 is 4.74 Å². The largest absolute Gasteiger partial charge is 0.374 e. The molecule has 0 aliphatic heterocycles. The topological polar surface area (TPSA) is 21.3 Å². The minimum atomic E-state index is -0.118. The van der Waals surface area contributed by atoms with Gasteiger partial charge in [0.05, 0.1) is 5.60 Å². The summed E-state index contributed by atoms with van der Waals surface area (Å²) in [6.07, 6.45) is 2.02. The monoisotopic (exact) mass is 277 g/mol. The molecule has 2 nitrogen and oxygen atoms in total. The fraction of sp³-hybridized carbons (Fsp3) is 0.667. The molecule has 1 aromatic rings. The highest BCUT2D eigenvalue weighted by Crippen LogP contribution is 2.26. The molecule has 1 aromatic carbocycles. The van der Waals surface area contributed by atoms with Crippen LogP contribution in [0, 0.1) is 20.8 Å². The number of aryl methyl sites for hydroxylation is 3. The van der Waals surface area contributed by atoms with Gasteiger partial charge in [-0.15, -0.1) is 0 Å². The van der Waals surface area contributed by atoms with E-state index in [1.807, 2.05) is 7.05 Å². The molecular formula is C18H31NO. The Kier molecular flexibility index (Phi) is 6.22. The van der Waals surface area contributed by atoms with E-state index in [0.717, 1.165) is 19.4 Å². The molecule has 1 N–H and O–H groups in total. The van der Waals surface area contributed by atoms with E-state index >= 15 is 0 Å². The quantitative estimate of drug-likeness (QED) is 0.815. The second-order valence-electron chi connectivity index (χ2n) is 6.02. The zero-order valence-corrected chi connectivity index (χ0v) is 14.3. The highest BCUT2D eigenvalue weighted by Gasteiger charge is 2.32. The lowest BCUT2D eigenvalue weighted by Gasteiger charge is -2.37. The van der Waals surface area contributed by atoms with E-state index in [-0.39, 0.29) is 5.60 Å². The first-order valence-corrected chi connectivity index (χ1v) is 7.75. The van der Waals surface area contributed by atoms with Crippen molar-refractivity contribution in [2.75, 3.05) is 13.7 Å². The molecule has 0 spiro atoms. The van der Waals surface area contributed by atoms with Crippen LogP contribution in [0.4, 0.5) is 0 Å². The number of hydrogen-bond acceptors (Lipinski definition) is 2. The third-order valence-electron chi connectivity index (χ3n) is 4.51. The smallest absolute Gasteiger partial charge is 0.0807 e. The summed E-state index contributed by atoms with van der Waals surface area (Å²) in [7, 11) is 2.04. The summed E-state index contributed by atoms with van der Waals surface area (Å²) < 4.78 is 6.04. The number of likely N-dealkylation sites (N-methyl/N-ethyl adjacent to an activating group) is 1. The van der Waals surface area contributed by atoms with E-state index in [2.05, 4.69) is 59.0 Å². The van der Waals surface area contributed by atoms with Gasteiger partial charge in [0.1, 0.15) is 0 Å². The van der Waals surface area contributed by atoms with Crippen molar-refractivity contribution in [3.05, 3.63) is 34.4 Å². The molecule has 0 radical (unpaired) electrons. The molecule has 1 rings (SSSR count). The van der Waals surface area contributed by atoms with Gasteiger partial charge in [0.25, 0.3) is 0 Å². The van der Waals surface area contributed by atoms with Gasteiger partial charge in [0.2, 0.25) is 0 Å². The lowest BCUT2D eigenvalue weighted by atomic mass is 9.85. The SMILES string of the molecule is CCOC(C)(CC)C(Cc1c(C)cc(C)cc1C)NC. The van der Waals surface area contributed by atoms with E-state index in [0.29, 0.717) is 6.04 Å². The Morgan fingerprint density at radius 1 is 1.15 bits per heavy atom. The van der Waals surface area contributed by atoms with Crippen LogP contribution in [0.1, 0.15) is 49.4 Å². The Morgan fingerprint density at radius 3 is 2.10 bits per heavy atom. The summed E-state index contributed by atoms with van der Waals surface area (Å²) in [6, 6.07) is 4.88. The molecule has 0 amide bonds. The summed E-state index contributed by atoms with van der Waals surface area (Å²) in [6.45, 7) is 13.8. The van der Waals surface area contributed by atoms with Gasteiger partial charge in [-0.05, 0) is 71.2 Å². The Morgan fingerprint density at radius 2 is 1.70 bits per heavy atom. The lowest BCUT2D eigenvalue weighted by molar-refractivity contribution is -0.0534. The Hall–Kier alpha value is -0.860. The summed E-state index contributed by atoms with van der Waals surface area (Å²) in [5.74, 6) is 0. The molecule has 20 heavy (non-hydrogen) atoms. The molecule has 2 atom stereocenters. The summed E-state index contributed by atoms with van der Waals surface area (Å²) in [4.78, 5) is 0. The fourth-order valence-corrected chi connectivity index (χ4v) is 3.14. The van der Waals surface area contributed by atoms with Crippen LogP contribution in [-0.2, 0) is 11.2 Å². The molecule has 0 saturated carbocycles. The molecule has 0 aliphatic rings. The Bertz CT molecular complexity index is 418. The number of benzene rings is 1. The molecule has 2 heteroatoms. The Balaban J connectivity index is 3.05. The highest BCUT2D eigenvalue weighted by molar-refractivity contribution is 5.38. The second-order valence-corrected chi connectivity index (χ2v) is 6.02. The van der Waals surface area contributed by atoms with E-state index < -0.39 is 0 Å². The minimum absolute atomic E-state index is 0.118.